The van der Waals surface area contributed by atoms with E-state index in [-0.39, 0.29) is 5.92 Å². The Kier molecular flexibility index (Phi) is 5.04. The zero-order chi connectivity index (χ0) is 11.3. The highest BCUT2D eigenvalue weighted by Crippen LogP contribution is 2.32. The molecule has 0 saturated carbocycles. The van der Waals surface area contributed by atoms with E-state index in [0.29, 0.717) is 12.5 Å². The van der Waals surface area contributed by atoms with Gasteiger partial charge in [0, 0.05) is 6.04 Å². The molecule has 0 spiro atoms. The van der Waals surface area contributed by atoms with Gasteiger partial charge in [-0.2, -0.15) is 0 Å². The second-order valence-corrected chi connectivity index (χ2v) is 5.32. The van der Waals surface area contributed by atoms with Crippen LogP contribution >= 0.6 is 0 Å². The van der Waals surface area contributed by atoms with Gasteiger partial charge in [0.15, 0.2) is 0 Å². The first kappa shape index (κ1) is 13.0. The first-order valence-corrected chi connectivity index (χ1v) is 6.48. The summed E-state index contributed by atoms with van der Waals surface area (Å²) in [5.41, 5.74) is -0.995. The number of hydrogen-bond acceptors (Lipinski definition) is 1. The van der Waals surface area contributed by atoms with Crippen LogP contribution in [-0.2, 0) is 0 Å². The normalized spacial score (nSPS) is 28.4. The Balaban J connectivity index is 2.39. The molecule has 1 fully saturated rings. The Labute approximate surface area is 93.8 Å². The van der Waals surface area contributed by atoms with Crippen molar-refractivity contribution in [2.75, 3.05) is 6.54 Å². The molecule has 1 saturated heterocycles. The molecule has 90 valence electrons. The van der Waals surface area contributed by atoms with Crippen molar-refractivity contribution < 1.29 is 4.39 Å². The summed E-state index contributed by atoms with van der Waals surface area (Å²) in [6, 6.07) is 0.410. The Morgan fingerprint density at radius 3 is 2.73 bits per heavy atom. The van der Waals surface area contributed by atoms with Crippen molar-refractivity contribution in [3.05, 3.63) is 0 Å². The van der Waals surface area contributed by atoms with Crippen molar-refractivity contribution in [2.24, 2.45) is 5.92 Å². The lowest BCUT2D eigenvalue weighted by molar-refractivity contribution is 0.0771. The summed E-state index contributed by atoms with van der Waals surface area (Å²) in [6.07, 6.45) is 6.44. The number of halogens is 1. The molecule has 3 atom stereocenters. The van der Waals surface area contributed by atoms with Crippen molar-refractivity contribution in [2.45, 2.75) is 71.0 Å². The molecular weight excluding hydrogens is 189 g/mol. The van der Waals surface area contributed by atoms with Crippen molar-refractivity contribution in [1.29, 1.82) is 0 Å². The molecule has 0 aromatic heterocycles. The van der Waals surface area contributed by atoms with Crippen molar-refractivity contribution in [3.63, 3.8) is 0 Å². The zero-order valence-corrected chi connectivity index (χ0v) is 10.5. The molecule has 0 aromatic carbocycles. The van der Waals surface area contributed by atoms with E-state index in [1.54, 1.807) is 6.92 Å². The number of piperidine rings is 1. The van der Waals surface area contributed by atoms with Crippen LogP contribution in [0, 0.1) is 5.92 Å². The number of rotatable bonds is 5. The van der Waals surface area contributed by atoms with Crippen LogP contribution in [0.1, 0.15) is 59.3 Å². The highest BCUT2D eigenvalue weighted by atomic mass is 19.1. The minimum absolute atomic E-state index is 0.186. The summed E-state index contributed by atoms with van der Waals surface area (Å²) < 4.78 is 14.4. The van der Waals surface area contributed by atoms with Gasteiger partial charge in [-0.1, -0.05) is 26.7 Å². The maximum absolute atomic E-state index is 14.4. The quantitative estimate of drug-likeness (QED) is 0.737. The van der Waals surface area contributed by atoms with E-state index >= 15 is 0 Å². The molecule has 1 aliphatic heterocycles. The van der Waals surface area contributed by atoms with Gasteiger partial charge in [-0.3, -0.25) is 0 Å². The molecule has 15 heavy (non-hydrogen) atoms. The molecule has 0 amide bonds. The van der Waals surface area contributed by atoms with Gasteiger partial charge in [0.05, 0.1) is 0 Å². The third-order valence-electron chi connectivity index (χ3n) is 3.81. The maximum atomic E-state index is 14.4. The molecule has 0 bridgehead atoms. The summed E-state index contributed by atoms with van der Waals surface area (Å²) in [7, 11) is 0. The average molecular weight is 215 g/mol. The van der Waals surface area contributed by atoms with Crippen LogP contribution in [0.4, 0.5) is 4.39 Å². The third kappa shape index (κ3) is 4.10. The standard InChI is InChI=1S/C13H26FN/c1-4-7-11(2)13(3,14)10-12-8-5-6-9-15-12/h11-12,15H,4-10H2,1-3H3. The summed E-state index contributed by atoms with van der Waals surface area (Å²) in [4.78, 5) is 0. The maximum Gasteiger partial charge on any atom is 0.112 e. The fraction of sp³-hybridized carbons (Fsp3) is 1.00. The van der Waals surface area contributed by atoms with Gasteiger partial charge in [0.2, 0.25) is 0 Å². The van der Waals surface area contributed by atoms with Gasteiger partial charge in [0.25, 0.3) is 0 Å². The zero-order valence-electron chi connectivity index (χ0n) is 10.5. The van der Waals surface area contributed by atoms with Gasteiger partial charge in [-0.25, -0.2) is 4.39 Å². The summed E-state index contributed by atoms with van der Waals surface area (Å²) in [5.74, 6) is 0.186. The van der Waals surface area contributed by atoms with E-state index in [2.05, 4.69) is 12.2 Å². The SMILES string of the molecule is CCCC(C)C(C)(F)CC1CCCCN1. The van der Waals surface area contributed by atoms with Crippen LogP contribution < -0.4 is 5.32 Å². The Morgan fingerprint density at radius 1 is 1.47 bits per heavy atom. The lowest BCUT2D eigenvalue weighted by atomic mass is 9.82. The molecule has 3 unspecified atom stereocenters. The molecule has 0 aliphatic carbocycles. The Hall–Kier alpha value is -0.110. The van der Waals surface area contributed by atoms with E-state index in [0.717, 1.165) is 25.8 Å². The summed E-state index contributed by atoms with van der Waals surface area (Å²) >= 11 is 0. The molecular formula is C13H26FN. The number of alkyl halides is 1. The molecule has 1 aliphatic rings. The molecule has 1 rings (SSSR count). The minimum Gasteiger partial charge on any atom is -0.314 e. The predicted molar refractivity (Wildman–Crippen MR) is 63.8 cm³/mol. The molecule has 0 aromatic rings. The van der Waals surface area contributed by atoms with Crippen molar-refractivity contribution in [1.82, 2.24) is 5.32 Å². The van der Waals surface area contributed by atoms with Crippen LogP contribution in [0.25, 0.3) is 0 Å². The largest absolute Gasteiger partial charge is 0.314 e. The van der Waals surface area contributed by atoms with Gasteiger partial charge >= 0.3 is 0 Å². The van der Waals surface area contributed by atoms with Crippen LogP contribution in [0.15, 0.2) is 0 Å². The van der Waals surface area contributed by atoms with Gasteiger partial charge in [0.1, 0.15) is 5.67 Å². The van der Waals surface area contributed by atoms with Gasteiger partial charge in [-0.15, -0.1) is 0 Å². The second kappa shape index (κ2) is 5.83. The van der Waals surface area contributed by atoms with E-state index < -0.39 is 5.67 Å². The van der Waals surface area contributed by atoms with Crippen LogP contribution in [0.2, 0.25) is 0 Å². The Bertz CT molecular complexity index is 173. The summed E-state index contributed by atoms with van der Waals surface area (Å²) in [6.45, 7) is 7.03. The lowest BCUT2D eigenvalue weighted by Gasteiger charge is -2.33. The highest BCUT2D eigenvalue weighted by molar-refractivity contribution is 4.86. The van der Waals surface area contributed by atoms with E-state index in [1.165, 1.54) is 12.8 Å². The minimum atomic E-state index is -0.995. The Morgan fingerprint density at radius 2 is 2.20 bits per heavy atom. The summed E-state index contributed by atoms with van der Waals surface area (Å²) in [5, 5.41) is 3.43. The molecule has 1 N–H and O–H groups in total. The molecule has 1 heterocycles. The van der Waals surface area contributed by atoms with Gasteiger partial charge in [-0.05, 0) is 45.1 Å². The number of nitrogens with one attached hydrogen (secondary N) is 1. The van der Waals surface area contributed by atoms with Crippen molar-refractivity contribution >= 4 is 0 Å². The lowest BCUT2D eigenvalue weighted by Crippen LogP contribution is -2.41. The first-order valence-electron chi connectivity index (χ1n) is 6.48. The van der Waals surface area contributed by atoms with Crippen LogP contribution in [0.3, 0.4) is 0 Å². The number of hydrogen-bond donors (Lipinski definition) is 1. The topological polar surface area (TPSA) is 12.0 Å². The molecule has 0 radical (unpaired) electrons. The van der Waals surface area contributed by atoms with E-state index in [1.807, 2.05) is 6.92 Å². The smallest absolute Gasteiger partial charge is 0.112 e. The second-order valence-electron chi connectivity index (χ2n) is 5.32. The average Bonchev–Trinajstić information content (AvgIpc) is 2.19. The fourth-order valence-electron chi connectivity index (χ4n) is 2.52. The fourth-order valence-corrected chi connectivity index (χ4v) is 2.52. The van der Waals surface area contributed by atoms with Gasteiger partial charge < -0.3 is 5.32 Å². The van der Waals surface area contributed by atoms with Crippen LogP contribution in [-0.4, -0.2) is 18.3 Å². The van der Waals surface area contributed by atoms with E-state index in [9.17, 15) is 4.39 Å². The first-order chi connectivity index (χ1) is 7.06. The predicted octanol–water partition coefficient (Wildman–Crippen LogP) is 3.68. The third-order valence-corrected chi connectivity index (χ3v) is 3.81. The molecule has 2 heteroatoms. The van der Waals surface area contributed by atoms with E-state index in [4.69, 9.17) is 0 Å². The molecule has 1 nitrogen and oxygen atoms in total. The highest BCUT2D eigenvalue weighted by Gasteiger charge is 2.33. The van der Waals surface area contributed by atoms with Crippen molar-refractivity contribution in [3.8, 4) is 0 Å². The monoisotopic (exact) mass is 215 g/mol. The van der Waals surface area contributed by atoms with Crippen LogP contribution in [0.5, 0.6) is 0 Å².